The van der Waals surface area contributed by atoms with Gasteiger partial charge in [0.15, 0.2) is 12.3 Å². The van der Waals surface area contributed by atoms with Gasteiger partial charge in [-0.25, -0.2) is 0 Å². The SMILES string of the molecule is COc1cccc2sc(/C=C/c3ccc(N(C)C)cc3)[n+](CCCCI)c12. The second-order valence-corrected chi connectivity index (χ2v) is 8.76. The molecule has 0 saturated carbocycles. The fourth-order valence-corrected chi connectivity index (χ4v) is 4.70. The van der Waals surface area contributed by atoms with Crippen molar-refractivity contribution in [1.29, 1.82) is 0 Å². The van der Waals surface area contributed by atoms with Crippen LogP contribution in [0.15, 0.2) is 42.5 Å². The number of para-hydroxylation sites is 1. The Balaban J connectivity index is 1.95. The maximum atomic E-state index is 5.64. The summed E-state index contributed by atoms with van der Waals surface area (Å²) in [6, 6.07) is 14.9. The van der Waals surface area contributed by atoms with Crippen LogP contribution in [0, 0.1) is 0 Å². The van der Waals surface area contributed by atoms with Gasteiger partial charge in [-0.05, 0) is 46.8 Å². The molecule has 0 amide bonds. The number of thiazole rings is 1. The summed E-state index contributed by atoms with van der Waals surface area (Å²) in [4.78, 5) is 2.12. The lowest BCUT2D eigenvalue weighted by molar-refractivity contribution is -0.669. The van der Waals surface area contributed by atoms with Crippen LogP contribution in [0.2, 0.25) is 0 Å². The van der Waals surface area contributed by atoms with Crippen LogP contribution < -0.4 is 14.2 Å². The van der Waals surface area contributed by atoms with Crippen LogP contribution in [0.4, 0.5) is 5.69 Å². The van der Waals surface area contributed by atoms with Gasteiger partial charge in [0.2, 0.25) is 0 Å². The van der Waals surface area contributed by atoms with Gasteiger partial charge in [-0.3, -0.25) is 0 Å². The number of fused-ring (bicyclic) bond motifs is 1. The summed E-state index contributed by atoms with van der Waals surface area (Å²) in [7, 11) is 5.88. The van der Waals surface area contributed by atoms with Crippen LogP contribution in [0.3, 0.4) is 0 Å². The number of aryl methyl sites for hydroxylation is 1. The Labute approximate surface area is 179 Å². The molecular weight excluding hydrogens is 467 g/mol. The van der Waals surface area contributed by atoms with Crippen molar-refractivity contribution < 1.29 is 9.30 Å². The quantitative estimate of drug-likeness (QED) is 0.175. The number of benzene rings is 2. The highest BCUT2D eigenvalue weighted by Gasteiger charge is 2.22. The molecule has 142 valence electrons. The molecule has 5 heteroatoms. The van der Waals surface area contributed by atoms with Crippen molar-refractivity contribution in [2.75, 3.05) is 30.5 Å². The van der Waals surface area contributed by atoms with Crippen LogP contribution in [0.25, 0.3) is 22.4 Å². The van der Waals surface area contributed by atoms with Crippen molar-refractivity contribution >= 4 is 62.0 Å². The normalized spacial score (nSPS) is 11.4. The topological polar surface area (TPSA) is 16.4 Å². The monoisotopic (exact) mass is 493 g/mol. The molecule has 27 heavy (non-hydrogen) atoms. The second-order valence-electron chi connectivity index (χ2n) is 6.61. The fourth-order valence-electron chi connectivity index (χ4n) is 3.05. The number of methoxy groups -OCH3 is 1. The van der Waals surface area contributed by atoms with Gasteiger partial charge in [0.1, 0.15) is 4.70 Å². The minimum Gasteiger partial charge on any atom is -0.490 e. The highest BCUT2D eigenvalue weighted by Crippen LogP contribution is 2.29. The third-order valence-corrected chi connectivity index (χ3v) is 6.40. The van der Waals surface area contributed by atoms with Gasteiger partial charge in [-0.15, -0.1) is 0 Å². The van der Waals surface area contributed by atoms with Crippen molar-refractivity contribution in [3.63, 3.8) is 0 Å². The molecule has 0 aliphatic rings. The van der Waals surface area contributed by atoms with Gasteiger partial charge in [0.05, 0.1) is 7.11 Å². The van der Waals surface area contributed by atoms with Crippen LogP contribution in [-0.4, -0.2) is 25.6 Å². The van der Waals surface area contributed by atoms with E-state index in [1.165, 1.54) is 43.7 Å². The van der Waals surface area contributed by atoms with Crippen LogP contribution in [0.5, 0.6) is 5.75 Å². The fraction of sp³-hybridized carbons (Fsp3) is 0.318. The number of aromatic nitrogens is 1. The lowest BCUT2D eigenvalue weighted by Gasteiger charge is -2.11. The first-order valence-corrected chi connectivity index (χ1v) is 11.5. The van der Waals surface area contributed by atoms with E-state index in [4.69, 9.17) is 4.74 Å². The molecular formula is C22H26IN2OS+. The first-order chi connectivity index (χ1) is 13.1. The van der Waals surface area contributed by atoms with Crippen molar-refractivity contribution in [3.8, 4) is 5.75 Å². The number of nitrogens with zero attached hydrogens (tertiary/aromatic N) is 2. The number of hydrogen-bond acceptors (Lipinski definition) is 3. The number of ether oxygens (including phenoxy) is 1. The summed E-state index contributed by atoms with van der Waals surface area (Å²) in [5.74, 6) is 0.952. The number of halogens is 1. The van der Waals surface area contributed by atoms with Crippen molar-refractivity contribution in [3.05, 3.63) is 53.0 Å². The molecule has 1 heterocycles. The minimum absolute atomic E-state index is 0.952. The molecule has 0 radical (unpaired) electrons. The average molecular weight is 493 g/mol. The van der Waals surface area contributed by atoms with E-state index in [2.05, 4.69) is 101 Å². The Morgan fingerprint density at radius 1 is 1.07 bits per heavy atom. The van der Waals surface area contributed by atoms with E-state index in [1.807, 2.05) is 11.3 Å². The van der Waals surface area contributed by atoms with Gasteiger partial charge >= 0.3 is 0 Å². The lowest BCUT2D eigenvalue weighted by atomic mass is 10.2. The summed E-state index contributed by atoms with van der Waals surface area (Å²) in [6.45, 7) is 1.02. The van der Waals surface area contributed by atoms with Crippen LogP contribution in [-0.2, 0) is 6.54 Å². The third-order valence-electron chi connectivity index (χ3n) is 4.53. The highest BCUT2D eigenvalue weighted by atomic mass is 127. The first kappa shape index (κ1) is 20.1. The Hall–Kier alpha value is -1.60. The molecule has 0 saturated heterocycles. The highest BCUT2D eigenvalue weighted by molar-refractivity contribution is 14.1. The van der Waals surface area contributed by atoms with E-state index in [-0.39, 0.29) is 0 Å². The largest absolute Gasteiger partial charge is 0.490 e. The molecule has 3 aromatic rings. The zero-order valence-corrected chi connectivity index (χ0v) is 19.1. The molecule has 0 unspecified atom stereocenters. The van der Waals surface area contributed by atoms with E-state index in [1.54, 1.807) is 7.11 Å². The maximum absolute atomic E-state index is 5.64. The Bertz CT molecular complexity index is 916. The summed E-state index contributed by atoms with van der Waals surface area (Å²) >= 11 is 4.28. The number of hydrogen-bond donors (Lipinski definition) is 0. The Morgan fingerprint density at radius 2 is 1.85 bits per heavy atom. The molecule has 0 bridgehead atoms. The summed E-state index contributed by atoms with van der Waals surface area (Å²) in [6.07, 6.45) is 6.84. The van der Waals surface area contributed by atoms with E-state index in [9.17, 15) is 0 Å². The molecule has 0 atom stereocenters. The van der Waals surface area contributed by atoms with E-state index >= 15 is 0 Å². The standard InChI is InChI=1S/C22H26IN2OS/c1-24(2)18-12-9-17(10-13-18)11-14-21-25(16-5-4-15-23)22-19(26-3)7-6-8-20(22)27-21/h6-14H,4-5,15-16H2,1-3H3/q+1. The number of alkyl halides is 1. The van der Waals surface area contributed by atoms with Gasteiger partial charge in [0, 0.05) is 32.3 Å². The zero-order chi connectivity index (χ0) is 19.2. The Kier molecular flexibility index (Phi) is 7.13. The molecule has 0 N–H and O–H groups in total. The number of anilines is 1. The van der Waals surface area contributed by atoms with Crippen LogP contribution >= 0.6 is 33.9 Å². The molecule has 0 aliphatic carbocycles. The molecule has 0 aliphatic heterocycles. The van der Waals surface area contributed by atoms with E-state index in [0.29, 0.717) is 0 Å². The molecule has 2 aromatic carbocycles. The molecule has 0 spiro atoms. The van der Waals surface area contributed by atoms with E-state index < -0.39 is 0 Å². The number of rotatable bonds is 8. The van der Waals surface area contributed by atoms with E-state index in [0.717, 1.165) is 12.3 Å². The summed E-state index contributed by atoms with van der Waals surface area (Å²) in [5, 5.41) is 1.26. The van der Waals surface area contributed by atoms with Crippen LogP contribution in [0.1, 0.15) is 23.4 Å². The molecule has 3 nitrogen and oxygen atoms in total. The van der Waals surface area contributed by atoms with Gasteiger partial charge in [0.25, 0.3) is 10.5 Å². The minimum atomic E-state index is 0.952. The average Bonchev–Trinajstić information content (AvgIpc) is 3.04. The molecule has 3 rings (SSSR count). The third kappa shape index (κ3) is 4.82. The second kappa shape index (κ2) is 9.55. The van der Waals surface area contributed by atoms with Crippen molar-refractivity contribution in [1.82, 2.24) is 0 Å². The van der Waals surface area contributed by atoms with Gasteiger partial charge in [-0.2, -0.15) is 4.57 Å². The Morgan fingerprint density at radius 3 is 2.52 bits per heavy atom. The first-order valence-electron chi connectivity index (χ1n) is 9.15. The number of unbranched alkanes of at least 4 members (excludes halogenated alkanes) is 1. The molecule has 1 aromatic heterocycles. The lowest BCUT2D eigenvalue weighted by Crippen LogP contribution is -2.35. The molecule has 0 fully saturated rings. The maximum Gasteiger partial charge on any atom is 0.266 e. The smallest absolute Gasteiger partial charge is 0.266 e. The van der Waals surface area contributed by atoms with Gasteiger partial charge in [-0.1, -0.05) is 52.1 Å². The summed E-state index contributed by atoms with van der Waals surface area (Å²) < 4.78 is 10.5. The van der Waals surface area contributed by atoms with Gasteiger partial charge < -0.3 is 9.64 Å². The van der Waals surface area contributed by atoms with Crippen molar-refractivity contribution in [2.24, 2.45) is 0 Å². The predicted molar refractivity (Wildman–Crippen MR) is 126 cm³/mol. The zero-order valence-electron chi connectivity index (χ0n) is 16.1. The van der Waals surface area contributed by atoms with Crippen molar-refractivity contribution in [2.45, 2.75) is 19.4 Å². The predicted octanol–water partition coefficient (Wildman–Crippen LogP) is 5.65. The summed E-state index contributed by atoms with van der Waals surface area (Å²) in [5.41, 5.74) is 3.64.